The Morgan fingerprint density at radius 2 is 1.58 bits per heavy atom. The number of carbonyl (C=O) groups is 1. The van der Waals surface area contributed by atoms with Gasteiger partial charge >= 0.3 is 0 Å². The second kappa shape index (κ2) is 10.7. The van der Waals surface area contributed by atoms with Crippen molar-refractivity contribution in [2.45, 2.75) is 20.0 Å². The average Bonchev–Trinajstić information content (AvgIpc) is 2.73. The van der Waals surface area contributed by atoms with E-state index < -0.39 is 0 Å². The quantitative estimate of drug-likeness (QED) is 0.568. The maximum absolute atomic E-state index is 8.95. The lowest BCUT2D eigenvalue weighted by molar-refractivity contribution is -0.126. The summed E-state index contributed by atoms with van der Waals surface area (Å²) < 4.78 is 9.86. The van der Waals surface area contributed by atoms with Crippen molar-refractivity contribution in [2.24, 2.45) is 0 Å². The molecule has 0 spiro atoms. The zero-order chi connectivity index (χ0) is 18.6. The number of hydrogen-bond acceptors (Lipinski definition) is 3. The molecule has 0 unspecified atom stereocenters. The summed E-state index contributed by atoms with van der Waals surface area (Å²) in [5.74, 6) is 0.933. The van der Waals surface area contributed by atoms with Crippen LogP contribution in [0.4, 0.5) is 0 Å². The van der Waals surface area contributed by atoms with Gasteiger partial charge in [0.15, 0.2) is 0 Å². The summed E-state index contributed by atoms with van der Waals surface area (Å²) >= 11 is 0. The van der Waals surface area contributed by atoms with Crippen LogP contribution >= 0.6 is 0 Å². The van der Waals surface area contributed by atoms with Gasteiger partial charge in [0.05, 0.1) is 7.11 Å². The second-order valence-corrected chi connectivity index (χ2v) is 5.64. The highest BCUT2D eigenvalue weighted by Gasteiger charge is 2.05. The van der Waals surface area contributed by atoms with E-state index in [0.29, 0.717) is 13.1 Å². The predicted octanol–water partition coefficient (Wildman–Crippen LogP) is 5.28. The van der Waals surface area contributed by atoms with Crippen LogP contribution in [-0.2, 0) is 22.6 Å². The fourth-order valence-corrected chi connectivity index (χ4v) is 2.56. The summed E-state index contributed by atoms with van der Waals surface area (Å²) in [7, 11) is 1.31. The molecule has 0 amide bonds. The fourth-order valence-electron chi connectivity index (χ4n) is 2.56. The van der Waals surface area contributed by atoms with Gasteiger partial charge in [-0.25, -0.2) is 0 Å². The molecule has 0 atom stereocenters. The summed E-state index contributed by atoms with van der Waals surface area (Å²) in [6.07, 6.45) is 1.03. The van der Waals surface area contributed by atoms with Crippen LogP contribution in [0.25, 0.3) is 11.1 Å². The number of benzene rings is 3. The summed E-state index contributed by atoms with van der Waals surface area (Å²) in [5, 5.41) is 0. The molecular weight excluding hydrogens is 324 g/mol. The zero-order valence-corrected chi connectivity index (χ0v) is 15.2. The van der Waals surface area contributed by atoms with E-state index in [4.69, 9.17) is 9.53 Å². The molecule has 0 N–H and O–H groups in total. The van der Waals surface area contributed by atoms with Crippen molar-refractivity contribution in [3.8, 4) is 16.9 Å². The molecule has 3 nitrogen and oxygen atoms in total. The standard InChI is InChI=1S/C21H20O.C2H4O2/c1-2-17-9-8-13-20(15-17)22-16-19-12-6-7-14-21(19)18-10-4-3-5-11-18;1-4-2-3/h3-15H,2,16H2,1H3;2H,1H3. The van der Waals surface area contributed by atoms with Crippen LogP contribution in [0.5, 0.6) is 5.75 Å². The van der Waals surface area contributed by atoms with Gasteiger partial charge in [-0.1, -0.05) is 73.7 Å². The van der Waals surface area contributed by atoms with E-state index in [-0.39, 0.29) is 0 Å². The molecule has 0 fully saturated rings. The van der Waals surface area contributed by atoms with Gasteiger partial charge in [0, 0.05) is 0 Å². The largest absolute Gasteiger partial charge is 0.489 e. The molecule has 0 aromatic heterocycles. The Hall–Kier alpha value is -3.07. The summed E-state index contributed by atoms with van der Waals surface area (Å²) in [5.41, 5.74) is 4.96. The topological polar surface area (TPSA) is 35.5 Å². The van der Waals surface area contributed by atoms with E-state index in [0.717, 1.165) is 12.2 Å². The Balaban J connectivity index is 0.000000552. The molecule has 3 aromatic rings. The van der Waals surface area contributed by atoms with Gasteiger partial charge in [-0.05, 0) is 40.8 Å². The molecule has 0 aliphatic heterocycles. The zero-order valence-electron chi connectivity index (χ0n) is 15.2. The maximum atomic E-state index is 8.95. The van der Waals surface area contributed by atoms with Crippen molar-refractivity contribution < 1.29 is 14.3 Å². The van der Waals surface area contributed by atoms with Gasteiger partial charge in [0.1, 0.15) is 12.4 Å². The number of aryl methyl sites for hydroxylation is 1. The molecule has 134 valence electrons. The molecule has 3 rings (SSSR count). The summed E-state index contributed by atoms with van der Waals surface area (Å²) in [6, 6.07) is 27.2. The second-order valence-electron chi connectivity index (χ2n) is 5.64. The third kappa shape index (κ3) is 5.78. The number of rotatable bonds is 6. The van der Waals surface area contributed by atoms with E-state index in [9.17, 15) is 0 Å². The SMILES string of the molecule is CCc1cccc(OCc2ccccc2-c2ccccc2)c1.COC=O. The van der Waals surface area contributed by atoms with E-state index in [1.165, 1.54) is 29.4 Å². The number of carbonyl (C=O) groups excluding carboxylic acids is 1. The van der Waals surface area contributed by atoms with E-state index in [1.807, 2.05) is 12.1 Å². The lowest BCUT2D eigenvalue weighted by Gasteiger charge is -2.12. The van der Waals surface area contributed by atoms with Crippen molar-refractivity contribution in [3.05, 3.63) is 90.0 Å². The van der Waals surface area contributed by atoms with Crippen LogP contribution < -0.4 is 4.74 Å². The lowest BCUT2D eigenvalue weighted by atomic mass is 10.0. The highest BCUT2D eigenvalue weighted by Crippen LogP contribution is 2.25. The molecule has 3 aromatic carbocycles. The van der Waals surface area contributed by atoms with Gasteiger partial charge in [-0.3, -0.25) is 4.79 Å². The maximum Gasteiger partial charge on any atom is 0.292 e. The minimum absolute atomic E-state index is 0.375. The molecule has 0 radical (unpaired) electrons. The van der Waals surface area contributed by atoms with Crippen LogP contribution in [0, 0.1) is 0 Å². The Kier molecular flexibility index (Phi) is 7.94. The van der Waals surface area contributed by atoms with Crippen LogP contribution in [0.3, 0.4) is 0 Å². The highest BCUT2D eigenvalue weighted by atomic mass is 16.5. The van der Waals surface area contributed by atoms with Gasteiger partial charge < -0.3 is 9.47 Å². The Bertz CT molecular complexity index is 797. The van der Waals surface area contributed by atoms with E-state index in [1.54, 1.807) is 0 Å². The van der Waals surface area contributed by atoms with Crippen LogP contribution in [0.2, 0.25) is 0 Å². The number of ether oxygens (including phenoxy) is 2. The first-order valence-electron chi connectivity index (χ1n) is 8.60. The molecule has 0 saturated heterocycles. The molecule has 0 heterocycles. The van der Waals surface area contributed by atoms with Crippen molar-refractivity contribution in [1.82, 2.24) is 0 Å². The van der Waals surface area contributed by atoms with E-state index in [2.05, 4.69) is 78.4 Å². The first-order chi connectivity index (χ1) is 12.8. The van der Waals surface area contributed by atoms with Gasteiger partial charge in [0.25, 0.3) is 6.47 Å². The molecule has 26 heavy (non-hydrogen) atoms. The molecule has 0 aliphatic carbocycles. The predicted molar refractivity (Wildman–Crippen MR) is 105 cm³/mol. The van der Waals surface area contributed by atoms with Crippen LogP contribution in [0.1, 0.15) is 18.1 Å². The smallest absolute Gasteiger partial charge is 0.292 e. The Labute approximate surface area is 155 Å². The minimum Gasteiger partial charge on any atom is -0.489 e. The number of methoxy groups -OCH3 is 1. The van der Waals surface area contributed by atoms with E-state index >= 15 is 0 Å². The molecule has 3 heteroatoms. The van der Waals surface area contributed by atoms with Crippen LogP contribution in [-0.4, -0.2) is 13.6 Å². The molecule has 0 saturated carbocycles. The van der Waals surface area contributed by atoms with Crippen LogP contribution in [0.15, 0.2) is 78.9 Å². The summed E-state index contributed by atoms with van der Waals surface area (Å²) in [6.45, 7) is 3.11. The molecule has 0 bridgehead atoms. The Morgan fingerprint density at radius 3 is 2.27 bits per heavy atom. The molecule has 0 aliphatic rings. The Morgan fingerprint density at radius 1 is 0.885 bits per heavy atom. The third-order valence-corrected chi connectivity index (χ3v) is 3.90. The lowest BCUT2D eigenvalue weighted by Crippen LogP contribution is -1.98. The van der Waals surface area contributed by atoms with Crippen molar-refractivity contribution in [1.29, 1.82) is 0 Å². The van der Waals surface area contributed by atoms with Gasteiger partial charge in [-0.2, -0.15) is 0 Å². The van der Waals surface area contributed by atoms with Crippen molar-refractivity contribution >= 4 is 6.47 Å². The average molecular weight is 348 g/mol. The number of hydrogen-bond donors (Lipinski definition) is 0. The summed E-state index contributed by atoms with van der Waals surface area (Å²) in [4.78, 5) is 8.95. The normalized spacial score (nSPS) is 9.62. The third-order valence-electron chi connectivity index (χ3n) is 3.90. The monoisotopic (exact) mass is 348 g/mol. The van der Waals surface area contributed by atoms with Crippen molar-refractivity contribution in [2.75, 3.05) is 7.11 Å². The molecular formula is C23H24O3. The van der Waals surface area contributed by atoms with Gasteiger partial charge in [-0.15, -0.1) is 0 Å². The fraction of sp³-hybridized carbons (Fsp3) is 0.174. The minimum atomic E-state index is 0.375. The first-order valence-corrected chi connectivity index (χ1v) is 8.60. The first kappa shape index (κ1) is 19.3. The van der Waals surface area contributed by atoms with Gasteiger partial charge in [0.2, 0.25) is 0 Å². The highest BCUT2D eigenvalue weighted by molar-refractivity contribution is 5.67. The van der Waals surface area contributed by atoms with Crippen molar-refractivity contribution in [3.63, 3.8) is 0 Å².